The first kappa shape index (κ1) is 40.5. The summed E-state index contributed by atoms with van der Waals surface area (Å²) in [5, 5.41) is 14.2. The molecule has 0 unspecified atom stereocenters. The average Bonchev–Trinajstić information content (AvgIpc) is 3.77. The van der Waals surface area contributed by atoms with Crippen molar-refractivity contribution in [3.05, 3.63) is 72.1 Å². The summed E-state index contributed by atoms with van der Waals surface area (Å²) in [6, 6.07) is 4.53. The van der Waals surface area contributed by atoms with Crippen LogP contribution in [0.1, 0.15) is 43.7 Å². The van der Waals surface area contributed by atoms with Crippen LogP contribution in [0.2, 0.25) is 0 Å². The zero-order valence-corrected chi connectivity index (χ0v) is 30.0. The van der Waals surface area contributed by atoms with E-state index in [1.807, 2.05) is 0 Å². The third-order valence-corrected chi connectivity index (χ3v) is 7.81. The highest BCUT2D eigenvalue weighted by Crippen LogP contribution is 2.32. The summed E-state index contributed by atoms with van der Waals surface area (Å²) in [6.45, 7) is 5.12. The van der Waals surface area contributed by atoms with Gasteiger partial charge >= 0.3 is 12.2 Å². The van der Waals surface area contributed by atoms with Gasteiger partial charge in [0, 0.05) is 75.1 Å². The lowest BCUT2D eigenvalue weighted by Crippen LogP contribution is -2.32. The fourth-order valence-corrected chi connectivity index (χ4v) is 4.76. The van der Waals surface area contributed by atoms with E-state index in [1.165, 1.54) is 50.0 Å². The van der Waals surface area contributed by atoms with E-state index in [4.69, 9.17) is 9.47 Å². The summed E-state index contributed by atoms with van der Waals surface area (Å²) < 4.78 is 129. The third-order valence-electron chi connectivity index (χ3n) is 7.81. The Morgan fingerprint density at radius 1 is 0.727 bits per heavy atom. The van der Waals surface area contributed by atoms with Gasteiger partial charge in [-0.2, -0.15) is 17.6 Å². The molecule has 294 valence electrons. The van der Waals surface area contributed by atoms with Gasteiger partial charge in [-0.1, -0.05) is 0 Å². The number of rotatable bonds is 12. The van der Waals surface area contributed by atoms with Gasteiger partial charge in [-0.15, -0.1) is 20.4 Å². The quantitative estimate of drug-likeness (QED) is 0.120. The molecule has 0 fully saturated rings. The van der Waals surface area contributed by atoms with Crippen molar-refractivity contribution in [1.82, 2.24) is 49.1 Å². The van der Waals surface area contributed by atoms with Gasteiger partial charge in [0.1, 0.15) is 0 Å². The highest BCUT2D eigenvalue weighted by Gasteiger charge is 2.39. The van der Waals surface area contributed by atoms with E-state index in [2.05, 4.69) is 49.8 Å². The lowest BCUT2D eigenvalue weighted by molar-refractivity contribution is -0.238. The minimum absolute atomic E-state index is 0.00440. The van der Waals surface area contributed by atoms with Crippen molar-refractivity contribution in [2.75, 3.05) is 20.8 Å². The van der Waals surface area contributed by atoms with Gasteiger partial charge in [-0.3, -0.25) is 18.8 Å². The molecule has 6 heterocycles. The summed E-state index contributed by atoms with van der Waals surface area (Å²) in [4.78, 5) is 16.4. The first-order valence-electron chi connectivity index (χ1n) is 15.9. The Balaban J connectivity index is 0.000000211. The van der Waals surface area contributed by atoms with Gasteiger partial charge in [0.2, 0.25) is 23.4 Å². The van der Waals surface area contributed by atoms with Crippen LogP contribution in [0.25, 0.3) is 33.8 Å². The minimum atomic E-state index is -3.64. The van der Waals surface area contributed by atoms with E-state index >= 15 is 0 Å². The van der Waals surface area contributed by atoms with Crippen molar-refractivity contribution in [2.24, 2.45) is 0 Å². The van der Waals surface area contributed by atoms with Gasteiger partial charge in [-0.25, -0.2) is 27.5 Å². The molecule has 0 aliphatic rings. The van der Waals surface area contributed by atoms with Crippen LogP contribution in [-0.4, -0.2) is 87.9 Å². The molecule has 0 aromatic carbocycles. The largest absolute Gasteiger partial charge is 0.471 e. The Hall–Kier alpha value is -5.64. The molecule has 0 radical (unpaired) electrons. The van der Waals surface area contributed by atoms with E-state index in [1.54, 1.807) is 19.9 Å². The molecule has 6 rings (SSSR count). The second-order valence-electron chi connectivity index (χ2n) is 12.2. The molecule has 0 bridgehead atoms. The first-order chi connectivity index (χ1) is 25.6. The molecule has 55 heavy (non-hydrogen) atoms. The third kappa shape index (κ3) is 9.02. The molecule has 0 spiro atoms. The molecule has 14 nitrogen and oxygen atoms in total. The van der Waals surface area contributed by atoms with E-state index < -0.39 is 48.4 Å². The lowest BCUT2D eigenvalue weighted by Gasteiger charge is -2.20. The molecule has 0 N–H and O–H groups in total. The van der Waals surface area contributed by atoms with E-state index in [9.17, 15) is 35.1 Å². The van der Waals surface area contributed by atoms with Crippen molar-refractivity contribution >= 4 is 11.3 Å². The number of aromatic nitrogens is 10. The van der Waals surface area contributed by atoms with Crippen molar-refractivity contribution in [3.8, 4) is 34.3 Å². The number of aryl methyl sites for hydroxylation is 2. The SMILES string of the molecule is COC(F)(F)c1nnc2cnc(-c3ccc(O[C@H](C)C(C)(F)F)nc3)cn12.COC(F)(F)c1nnc2cnc(-c3cnc(OCC(C)(F)F)c(C)c3)c(C)n12. The second kappa shape index (κ2) is 15.2. The van der Waals surface area contributed by atoms with Crippen LogP contribution < -0.4 is 9.47 Å². The number of methoxy groups -OCH3 is 2. The van der Waals surface area contributed by atoms with Gasteiger partial charge in [-0.05, 0) is 32.9 Å². The Labute approximate surface area is 306 Å². The zero-order valence-electron chi connectivity index (χ0n) is 30.0. The zero-order chi connectivity index (χ0) is 40.5. The number of fused-ring (bicyclic) bond motifs is 2. The molecule has 22 heteroatoms. The molecule has 6 aromatic heterocycles. The predicted molar refractivity (Wildman–Crippen MR) is 176 cm³/mol. The molecular formula is C33H32F8N10O4. The van der Waals surface area contributed by atoms with Crippen molar-refractivity contribution < 1.29 is 54.1 Å². The number of hydrogen-bond acceptors (Lipinski definition) is 12. The smallest absolute Gasteiger partial charge is 0.417 e. The Morgan fingerprint density at radius 3 is 1.95 bits per heavy atom. The van der Waals surface area contributed by atoms with Crippen LogP contribution in [0, 0.1) is 13.8 Å². The summed E-state index contributed by atoms with van der Waals surface area (Å²) in [5.74, 6) is -7.33. The van der Waals surface area contributed by atoms with Crippen LogP contribution in [0.3, 0.4) is 0 Å². The molecule has 0 saturated heterocycles. The maximum Gasteiger partial charge on any atom is 0.417 e. The number of hydrogen-bond donors (Lipinski definition) is 0. The van der Waals surface area contributed by atoms with E-state index in [-0.39, 0.29) is 23.1 Å². The maximum absolute atomic E-state index is 14.0. The minimum Gasteiger partial charge on any atom is -0.471 e. The molecule has 0 aliphatic heterocycles. The Morgan fingerprint density at radius 2 is 1.35 bits per heavy atom. The first-order valence-corrected chi connectivity index (χ1v) is 15.9. The second-order valence-corrected chi connectivity index (χ2v) is 12.2. The number of ether oxygens (including phenoxy) is 4. The van der Waals surface area contributed by atoms with Gasteiger partial charge in [0.25, 0.3) is 11.8 Å². The van der Waals surface area contributed by atoms with Crippen LogP contribution in [-0.2, 0) is 21.7 Å². The number of halogens is 8. The van der Waals surface area contributed by atoms with Crippen molar-refractivity contribution in [2.45, 2.75) is 64.8 Å². The standard InChI is InChI=1S/C17H17F4N5O2.C16H15F4N5O2/c1-9-5-11(6-23-14(9)28-8-16(3,18)19)13-10(2)26-12(7-22-13)24-25-15(26)17(20,21)27-4;1-9(15(2,17)18)27-13-5-4-10(6-22-13)11-8-25-12(7-21-11)23-24-14(25)16(19,20)26-3/h5-7H,8H2,1-4H3;4-9H,1-3H3/t;9-/m.1/s1. The molecule has 0 aliphatic carbocycles. The van der Waals surface area contributed by atoms with Crippen LogP contribution in [0.5, 0.6) is 11.8 Å². The normalized spacial score (nSPS) is 13.1. The summed E-state index contributed by atoms with van der Waals surface area (Å²) >= 11 is 0. The fraction of sp³-hybridized carbons (Fsp3) is 0.394. The van der Waals surface area contributed by atoms with E-state index in [0.717, 1.165) is 36.9 Å². The molecule has 1 atom stereocenters. The number of pyridine rings is 2. The van der Waals surface area contributed by atoms with Crippen LogP contribution in [0.15, 0.2) is 49.2 Å². The molecule has 0 saturated carbocycles. The predicted octanol–water partition coefficient (Wildman–Crippen LogP) is 6.84. The van der Waals surface area contributed by atoms with Crippen LogP contribution in [0.4, 0.5) is 35.1 Å². The summed E-state index contributed by atoms with van der Waals surface area (Å²) in [6.07, 6.45) is -2.06. The highest BCUT2D eigenvalue weighted by molar-refractivity contribution is 5.64. The highest BCUT2D eigenvalue weighted by atomic mass is 19.3. The molecular weight excluding hydrogens is 752 g/mol. The van der Waals surface area contributed by atoms with Gasteiger partial charge in [0.15, 0.2) is 24.0 Å². The van der Waals surface area contributed by atoms with Crippen molar-refractivity contribution in [3.63, 3.8) is 0 Å². The number of nitrogens with zero attached hydrogens (tertiary/aromatic N) is 10. The maximum atomic E-state index is 14.0. The van der Waals surface area contributed by atoms with Crippen molar-refractivity contribution in [1.29, 1.82) is 0 Å². The number of alkyl halides is 8. The summed E-state index contributed by atoms with van der Waals surface area (Å²) in [7, 11) is 1.72. The van der Waals surface area contributed by atoms with Gasteiger partial charge in [0.05, 0.1) is 23.8 Å². The summed E-state index contributed by atoms with van der Waals surface area (Å²) in [5.41, 5.74) is 2.67. The Bertz CT molecular complexity index is 2280. The topological polar surface area (TPSA) is 149 Å². The average molecular weight is 785 g/mol. The van der Waals surface area contributed by atoms with Gasteiger partial charge < -0.3 is 18.9 Å². The van der Waals surface area contributed by atoms with Crippen LogP contribution >= 0.6 is 0 Å². The monoisotopic (exact) mass is 784 g/mol. The Kier molecular flexibility index (Phi) is 11.2. The fourth-order valence-electron chi connectivity index (χ4n) is 4.76. The van der Waals surface area contributed by atoms with E-state index in [0.29, 0.717) is 33.8 Å². The molecule has 0 amide bonds. The molecule has 6 aromatic rings. The lowest BCUT2D eigenvalue weighted by atomic mass is 10.1.